The average molecular weight is 294 g/mol. The highest BCUT2D eigenvalue weighted by molar-refractivity contribution is 5.94. The van der Waals surface area contributed by atoms with Crippen LogP contribution in [0.15, 0.2) is 12.1 Å². The summed E-state index contributed by atoms with van der Waals surface area (Å²) < 4.78 is 16.0. The van der Waals surface area contributed by atoms with Crippen LogP contribution in [-0.4, -0.2) is 39.4 Å². The van der Waals surface area contributed by atoms with Crippen molar-refractivity contribution in [1.82, 2.24) is 0 Å². The Morgan fingerprint density at radius 1 is 1.19 bits per heavy atom. The lowest BCUT2D eigenvalue weighted by Crippen LogP contribution is -2.19. The van der Waals surface area contributed by atoms with E-state index in [-0.39, 0.29) is 5.91 Å². The summed E-state index contributed by atoms with van der Waals surface area (Å²) in [5.74, 6) is 0.608. The summed E-state index contributed by atoms with van der Waals surface area (Å²) in [7, 11) is 1.67. The van der Waals surface area contributed by atoms with Crippen LogP contribution in [0.3, 0.4) is 0 Å². The number of fused-ring (bicyclic) bond motifs is 1. The van der Waals surface area contributed by atoms with Crippen molar-refractivity contribution in [3.8, 4) is 5.75 Å². The number of nitrogen functional groups attached to an aromatic ring is 1. The number of anilines is 2. The number of carbonyl (C=O) groups is 1. The number of ether oxygens (including phenoxy) is 3. The molecule has 6 heteroatoms. The van der Waals surface area contributed by atoms with E-state index in [0.29, 0.717) is 50.7 Å². The quantitative estimate of drug-likeness (QED) is 0.562. The number of methoxy groups -OCH3 is 1. The van der Waals surface area contributed by atoms with Gasteiger partial charge in [-0.3, -0.25) is 4.79 Å². The number of hydrogen-bond donors (Lipinski definition) is 2. The molecule has 1 amide bonds. The van der Waals surface area contributed by atoms with Crippen molar-refractivity contribution in [1.29, 1.82) is 0 Å². The summed E-state index contributed by atoms with van der Waals surface area (Å²) in [6.07, 6.45) is 2.08. The van der Waals surface area contributed by atoms with Gasteiger partial charge in [-0.05, 0) is 24.5 Å². The second-order valence-corrected chi connectivity index (χ2v) is 4.90. The third kappa shape index (κ3) is 4.61. The maximum Gasteiger partial charge on any atom is 0.224 e. The van der Waals surface area contributed by atoms with Gasteiger partial charge in [0.05, 0.1) is 12.3 Å². The Balaban J connectivity index is 1.80. The summed E-state index contributed by atoms with van der Waals surface area (Å²) >= 11 is 0. The second kappa shape index (κ2) is 7.85. The van der Waals surface area contributed by atoms with Gasteiger partial charge in [0.15, 0.2) is 0 Å². The van der Waals surface area contributed by atoms with Crippen LogP contribution in [0.2, 0.25) is 0 Å². The number of rotatable bonds is 8. The van der Waals surface area contributed by atoms with Crippen LogP contribution in [0.25, 0.3) is 0 Å². The van der Waals surface area contributed by atoms with Gasteiger partial charge in [0.2, 0.25) is 5.91 Å². The first-order chi connectivity index (χ1) is 10.2. The summed E-state index contributed by atoms with van der Waals surface area (Å²) in [5.41, 5.74) is 8.39. The zero-order valence-electron chi connectivity index (χ0n) is 12.3. The zero-order chi connectivity index (χ0) is 15.1. The Bertz CT molecular complexity index is 491. The Morgan fingerprint density at radius 2 is 2.05 bits per heavy atom. The lowest BCUT2D eigenvalue weighted by atomic mass is 10.0. The highest BCUT2D eigenvalue weighted by Gasteiger charge is 2.17. The van der Waals surface area contributed by atoms with Crippen molar-refractivity contribution in [2.24, 2.45) is 0 Å². The minimum Gasteiger partial charge on any atom is -0.489 e. The van der Waals surface area contributed by atoms with E-state index in [1.54, 1.807) is 13.2 Å². The summed E-state index contributed by atoms with van der Waals surface area (Å²) in [6, 6.07) is 3.65. The van der Waals surface area contributed by atoms with Crippen molar-refractivity contribution in [3.63, 3.8) is 0 Å². The van der Waals surface area contributed by atoms with Crippen LogP contribution in [0.1, 0.15) is 18.4 Å². The van der Waals surface area contributed by atoms with Gasteiger partial charge in [0, 0.05) is 38.5 Å². The molecule has 0 atom stereocenters. The molecule has 0 aliphatic carbocycles. The third-order valence-electron chi connectivity index (χ3n) is 3.25. The van der Waals surface area contributed by atoms with Crippen LogP contribution >= 0.6 is 0 Å². The number of aryl methyl sites for hydroxylation is 1. The minimum absolute atomic E-state index is 0.0275. The van der Waals surface area contributed by atoms with Crippen molar-refractivity contribution in [3.05, 3.63) is 17.7 Å². The molecule has 0 saturated heterocycles. The van der Waals surface area contributed by atoms with Gasteiger partial charge in [0.1, 0.15) is 12.4 Å². The molecule has 0 saturated carbocycles. The Morgan fingerprint density at radius 3 is 2.86 bits per heavy atom. The molecule has 0 spiro atoms. The smallest absolute Gasteiger partial charge is 0.224 e. The first kappa shape index (κ1) is 15.6. The maximum absolute atomic E-state index is 11.4. The average Bonchev–Trinajstić information content (AvgIpc) is 2.47. The highest BCUT2D eigenvalue weighted by Crippen LogP contribution is 2.32. The minimum atomic E-state index is 0.0275. The first-order valence-corrected chi connectivity index (χ1v) is 7.12. The fourth-order valence-electron chi connectivity index (χ4n) is 2.17. The number of hydrogen-bond acceptors (Lipinski definition) is 5. The first-order valence-electron chi connectivity index (χ1n) is 7.12. The van der Waals surface area contributed by atoms with Crippen LogP contribution in [0.4, 0.5) is 11.4 Å². The van der Waals surface area contributed by atoms with E-state index < -0.39 is 0 Å². The van der Waals surface area contributed by atoms with Gasteiger partial charge in [-0.2, -0.15) is 0 Å². The number of carbonyl (C=O) groups excluding carboxylic acids is 1. The molecule has 1 aromatic rings. The molecular formula is C15H22N2O4. The molecule has 0 bridgehead atoms. The molecule has 1 aliphatic rings. The van der Waals surface area contributed by atoms with Crippen LogP contribution in [0, 0.1) is 0 Å². The molecule has 0 aromatic heterocycles. The molecule has 116 valence electrons. The Labute approximate surface area is 124 Å². The Hall–Kier alpha value is -1.79. The van der Waals surface area contributed by atoms with Crippen LogP contribution in [-0.2, 0) is 20.7 Å². The van der Waals surface area contributed by atoms with Crippen molar-refractivity contribution in [2.75, 3.05) is 44.6 Å². The molecule has 1 aliphatic heterocycles. The molecule has 6 nitrogen and oxygen atoms in total. The Kier molecular flexibility index (Phi) is 5.83. The standard InChI is InChI=1S/C15H22N2O4/c1-19-5-2-6-20-7-8-21-14-10-13-11(9-12(14)16)3-4-15(18)17-13/h9-10H,2-8,16H2,1H3,(H,17,18). The highest BCUT2D eigenvalue weighted by atomic mass is 16.5. The monoisotopic (exact) mass is 294 g/mol. The molecule has 0 radical (unpaired) electrons. The second-order valence-electron chi connectivity index (χ2n) is 4.90. The van der Waals surface area contributed by atoms with E-state index in [9.17, 15) is 4.79 Å². The van der Waals surface area contributed by atoms with Gasteiger partial charge in [0.25, 0.3) is 0 Å². The normalized spacial score (nSPS) is 13.7. The number of amides is 1. The maximum atomic E-state index is 11.4. The lowest BCUT2D eigenvalue weighted by molar-refractivity contribution is -0.116. The SMILES string of the molecule is COCCCOCCOc1cc2c(cc1N)CCC(=O)N2. The topological polar surface area (TPSA) is 82.8 Å². The van der Waals surface area contributed by atoms with E-state index in [1.165, 1.54) is 0 Å². The van der Waals surface area contributed by atoms with Crippen LogP contribution < -0.4 is 15.8 Å². The fourth-order valence-corrected chi connectivity index (χ4v) is 2.17. The lowest BCUT2D eigenvalue weighted by Gasteiger charge is -2.19. The van der Waals surface area contributed by atoms with E-state index in [1.807, 2.05) is 6.07 Å². The van der Waals surface area contributed by atoms with Crippen molar-refractivity contribution in [2.45, 2.75) is 19.3 Å². The van der Waals surface area contributed by atoms with Crippen LogP contribution in [0.5, 0.6) is 5.75 Å². The van der Waals surface area contributed by atoms with E-state index in [2.05, 4.69) is 5.32 Å². The van der Waals surface area contributed by atoms with E-state index in [4.69, 9.17) is 19.9 Å². The molecule has 2 rings (SSSR count). The molecular weight excluding hydrogens is 272 g/mol. The number of benzene rings is 1. The summed E-state index contributed by atoms with van der Waals surface area (Å²) in [6.45, 7) is 2.25. The molecule has 1 heterocycles. The molecule has 3 N–H and O–H groups in total. The van der Waals surface area contributed by atoms with Gasteiger partial charge in [-0.25, -0.2) is 0 Å². The molecule has 0 fully saturated rings. The van der Waals surface area contributed by atoms with Gasteiger partial charge in [-0.1, -0.05) is 0 Å². The van der Waals surface area contributed by atoms with Gasteiger partial charge >= 0.3 is 0 Å². The molecule has 0 unspecified atom stereocenters. The molecule has 1 aromatic carbocycles. The summed E-state index contributed by atoms with van der Waals surface area (Å²) in [4.78, 5) is 11.4. The van der Waals surface area contributed by atoms with Gasteiger partial charge in [-0.15, -0.1) is 0 Å². The third-order valence-corrected chi connectivity index (χ3v) is 3.25. The largest absolute Gasteiger partial charge is 0.489 e. The summed E-state index contributed by atoms with van der Waals surface area (Å²) in [5, 5.41) is 2.83. The molecule has 21 heavy (non-hydrogen) atoms. The number of nitrogens with one attached hydrogen (secondary N) is 1. The predicted molar refractivity (Wildman–Crippen MR) is 80.6 cm³/mol. The van der Waals surface area contributed by atoms with E-state index in [0.717, 1.165) is 17.7 Å². The fraction of sp³-hybridized carbons (Fsp3) is 0.533. The number of nitrogens with two attached hydrogens (primary N) is 1. The van der Waals surface area contributed by atoms with Crippen molar-refractivity contribution < 1.29 is 19.0 Å². The zero-order valence-corrected chi connectivity index (χ0v) is 12.3. The predicted octanol–water partition coefficient (Wildman–Crippen LogP) is 1.59. The van der Waals surface area contributed by atoms with E-state index >= 15 is 0 Å². The van der Waals surface area contributed by atoms with Gasteiger partial charge < -0.3 is 25.3 Å². The van der Waals surface area contributed by atoms with Crippen molar-refractivity contribution >= 4 is 17.3 Å².